The Labute approximate surface area is 112 Å². The molecule has 1 aromatic carbocycles. The average Bonchev–Trinajstić information content (AvgIpc) is 2.34. The van der Waals surface area contributed by atoms with Gasteiger partial charge in [-0.25, -0.2) is 9.18 Å². The van der Waals surface area contributed by atoms with Gasteiger partial charge in [0.2, 0.25) is 0 Å². The zero-order chi connectivity index (χ0) is 13.5. The summed E-state index contributed by atoms with van der Waals surface area (Å²) >= 11 is 3.27. The Bertz CT molecular complexity index is 460. The molecular formula is C12H12BrFO4. The van der Waals surface area contributed by atoms with Crippen LogP contribution >= 0.6 is 15.9 Å². The van der Waals surface area contributed by atoms with Gasteiger partial charge in [-0.05, 0) is 39.7 Å². The molecule has 0 bridgehead atoms. The van der Waals surface area contributed by atoms with E-state index in [-0.39, 0.29) is 6.61 Å². The van der Waals surface area contributed by atoms with Gasteiger partial charge in [-0.2, -0.15) is 0 Å². The van der Waals surface area contributed by atoms with E-state index in [1.54, 1.807) is 12.1 Å². The average molecular weight is 319 g/mol. The molecule has 0 saturated heterocycles. The first-order chi connectivity index (χ1) is 8.58. The fraction of sp³-hybridized carbons (Fsp3) is 0.250. The molecule has 1 aromatic rings. The van der Waals surface area contributed by atoms with E-state index in [1.807, 2.05) is 0 Å². The van der Waals surface area contributed by atoms with Crippen LogP contribution in [0.2, 0.25) is 0 Å². The quantitative estimate of drug-likeness (QED) is 0.819. The van der Waals surface area contributed by atoms with Crippen molar-refractivity contribution in [2.45, 2.75) is 0 Å². The highest BCUT2D eigenvalue weighted by atomic mass is 79.9. The third-order valence-electron chi connectivity index (χ3n) is 1.99. The van der Waals surface area contributed by atoms with Crippen LogP contribution in [0.1, 0.15) is 5.56 Å². The maximum Gasteiger partial charge on any atom is 0.328 e. The minimum Gasteiger partial charge on any atom is -0.493 e. The van der Waals surface area contributed by atoms with E-state index in [0.717, 1.165) is 6.08 Å². The molecule has 0 aromatic heterocycles. The van der Waals surface area contributed by atoms with Crippen LogP contribution < -0.4 is 9.47 Å². The van der Waals surface area contributed by atoms with E-state index in [0.29, 0.717) is 21.5 Å². The Morgan fingerprint density at radius 1 is 1.56 bits per heavy atom. The van der Waals surface area contributed by atoms with Crippen LogP contribution in [-0.4, -0.2) is 31.5 Å². The van der Waals surface area contributed by atoms with E-state index in [2.05, 4.69) is 15.9 Å². The molecule has 0 unspecified atom stereocenters. The SMILES string of the molecule is COc1cc(/C=C/C(=O)O)cc(Br)c1OCCF. The second kappa shape index (κ2) is 7.00. The highest BCUT2D eigenvalue weighted by Gasteiger charge is 2.10. The van der Waals surface area contributed by atoms with Gasteiger partial charge in [0.25, 0.3) is 0 Å². The van der Waals surface area contributed by atoms with E-state index in [9.17, 15) is 9.18 Å². The lowest BCUT2D eigenvalue weighted by Gasteiger charge is -2.12. The molecule has 0 aliphatic rings. The molecule has 0 heterocycles. The van der Waals surface area contributed by atoms with Crippen LogP contribution in [0.25, 0.3) is 6.08 Å². The molecule has 1 rings (SSSR count). The molecule has 4 nitrogen and oxygen atoms in total. The van der Waals surface area contributed by atoms with Gasteiger partial charge < -0.3 is 14.6 Å². The number of hydrogen-bond donors (Lipinski definition) is 1. The minimum atomic E-state index is -1.04. The monoisotopic (exact) mass is 318 g/mol. The number of halogens is 2. The predicted molar refractivity (Wildman–Crippen MR) is 68.8 cm³/mol. The Hall–Kier alpha value is -1.56. The zero-order valence-corrected chi connectivity index (χ0v) is 11.2. The first-order valence-corrected chi connectivity index (χ1v) is 5.85. The lowest BCUT2D eigenvalue weighted by molar-refractivity contribution is -0.131. The molecule has 0 fully saturated rings. The van der Waals surface area contributed by atoms with Crippen molar-refractivity contribution in [3.63, 3.8) is 0 Å². The van der Waals surface area contributed by atoms with Crippen molar-refractivity contribution in [1.82, 2.24) is 0 Å². The topological polar surface area (TPSA) is 55.8 Å². The van der Waals surface area contributed by atoms with E-state index >= 15 is 0 Å². The van der Waals surface area contributed by atoms with Crippen LogP contribution in [-0.2, 0) is 4.79 Å². The summed E-state index contributed by atoms with van der Waals surface area (Å²) < 4.78 is 23.0. The lowest BCUT2D eigenvalue weighted by Crippen LogP contribution is -2.01. The van der Waals surface area contributed by atoms with E-state index in [4.69, 9.17) is 14.6 Å². The van der Waals surface area contributed by atoms with Gasteiger partial charge in [-0.15, -0.1) is 0 Å². The van der Waals surface area contributed by atoms with Crippen molar-refractivity contribution >= 4 is 28.0 Å². The van der Waals surface area contributed by atoms with Gasteiger partial charge >= 0.3 is 5.97 Å². The van der Waals surface area contributed by atoms with Crippen molar-refractivity contribution in [3.05, 3.63) is 28.2 Å². The van der Waals surface area contributed by atoms with Crippen LogP contribution in [0.5, 0.6) is 11.5 Å². The molecule has 1 N–H and O–H groups in total. The number of benzene rings is 1. The smallest absolute Gasteiger partial charge is 0.328 e. The van der Waals surface area contributed by atoms with Crippen LogP contribution in [0, 0.1) is 0 Å². The summed E-state index contributed by atoms with van der Waals surface area (Å²) in [4.78, 5) is 10.4. The Morgan fingerprint density at radius 2 is 2.28 bits per heavy atom. The summed E-state index contributed by atoms with van der Waals surface area (Å²) in [5, 5.41) is 8.55. The summed E-state index contributed by atoms with van der Waals surface area (Å²) in [6.45, 7) is -0.671. The van der Waals surface area contributed by atoms with Gasteiger partial charge in [-0.3, -0.25) is 0 Å². The van der Waals surface area contributed by atoms with E-state index in [1.165, 1.54) is 13.2 Å². The number of hydrogen-bond acceptors (Lipinski definition) is 3. The maximum absolute atomic E-state index is 12.1. The molecule has 0 saturated carbocycles. The summed E-state index contributed by atoms with van der Waals surface area (Å²) in [6, 6.07) is 3.27. The first kappa shape index (κ1) is 14.5. The summed E-state index contributed by atoms with van der Waals surface area (Å²) in [5.41, 5.74) is 0.633. The van der Waals surface area contributed by atoms with Crippen LogP contribution in [0.4, 0.5) is 4.39 Å². The number of aliphatic carboxylic acids is 1. The summed E-state index contributed by atoms with van der Waals surface area (Å²) in [7, 11) is 1.45. The van der Waals surface area contributed by atoms with Crippen molar-refractivity contribution in [1.29, 1.82) is 0 Å². The molecular weight excluding hydrogens is 307 g/mol. The molecule has 0 spiro atoms. The van der Waals surface area contributed by atoms with Gasteiger partial charge in [0.05, 0.1) is 11.6 Å². The molecule has 0 aliphatic heterocycles. The molecule has 98 valence electrons. The zero-order valence-electron chi connectivity index (χ0n) is 9.65. The minimum absolute atomic E-state index is 0.0702. The van der Waals surface area contributed by atoms with Crippen molar-refractivity contribution < 1.29 is 23.8 Å². The lowest BCUT2D eigenvalue weighted by atomic mass is 10.2. The fourth-order valence-corrected chi connectivity index (χ4v) is 1.86. The van der Waals surface area contributed by atoms with Gasteiger partial charge in [0.1, 0.15) is 13.3 Å². The van der Waals surface area contributed by atoms with Crippen LogP contribution in [0.3, 0.4) is 0 Å². The Morgan fingerprint density at radius 3 is 2.83 bits per heavy atom. The molecule has 0 aliphatic carbocycles. The van der Waals surface area contributed by atoms with Crippen molar-refractivity contribution in [2.75, 3.05) is 20.4 Å². The largest absolute Gasteiger partial charge is 0.493 e. The number of ether oxygens (including phenoxy) is 2. The number of alkyl halides is 1. The Kier molecular flexibility index (Phi) is 5.64. The highest BCUT2D eigenvalue weighted by molar-refractivity contribution is 9.10. The van der Waals surface area contributed by atoms with E-state index < -0.39 is 12.6 Å². The number of carbonyl (C=O) groups is 1. The third kappa shape index (κ3) is 4.03. The predicted octanol–water partition coefficient (Wildman–Crippen LogP) is 2.90. The second-order valence-corrected chi connectivity index (χ2v) is 4.10. The third-order valence-corrected chi connectivity index (χ3v) is 2.58. The van der Waals surface area contributed by atoms with Gasteiger partial charge in [0.15, 0.2) is 11.5 Å². The number of methoxy groups -OCH3 is 1. The Balaban J connectivity index is 3.06. The number of carboxylic acid groups (broad SMARTS) is 1. The van der Waals surface area contributed by atoms with Gasteiger partial charge in [-0.1, -0.05) is 0 Å². The molecule has 6 heteroatoms. The summed E-state index contributed by atoms with van der Waals surface area (Å²) in [5.74, 6) is -0.242. The standard InChI is InChI=1S/C12H12BrFO4/c1-17-10-7-8(2-3-11(15)16)6-9(13)12(10)18-5-4-14/h2-3,6-7H,4-5H2,1H3,(H,15,16)/b3-2+. The highest BCUT2D eigenvalue weighted by Crippen LogP contribution is 2.36. The number of carboxylic acids is 1. The van der Waals surface area contributed by atoms with Crippen molar-refractivity contribution in [3.8, 4) is 11.5 Å². The molecule has 0 radical (unpaired) electrons. The van der Waals surface area contributed by atoms with Crippen LogP contribution in [0.15, 0.2) is 22.7 Å². The molecule has 18 heavy (non-hydrogen) atoms. The molecule has 0 amide bonds. The normalized spacial score (nSPS) is 10.6. The first-order valence-electron chi connectivity index (χ1n) is 5.05. The van der Waals surface area contributed by atoms with Crippen molar-refractivity contribution in [2.24, 2.45) is 0 Å². The van der Waals surface area contributed by atoms with Gasteiger partial charge in [0, 0.05) is 6.08 Å². The fourth-order valence-electron chi connectivity index (χ4n) is 1.28. The summed E-state index contributed by atoms with van der Waals surface area (Å²) in [6.07, 6.45) is 2.44. The maximum atomic E-state index is 12.1. The molecule has 0 atom stereocenters. The number of rotatable bonds is 6. The second-order valence-electron chi connectivity index (χ2n) is 3.24.